The first-order valence-corrected chi connectivity index (χ1v) is 7.96. The number of carbonyl (C=O) groups excluding carboxylic acids is 3. The van der Waals surface area contributed by atoms with Crippen molar-refractivity contribution < 1.29 is 18.8 Å². The number of nitrogens with one attached hydrogen (secondary N) is 1. The van der Waals surface area contributed by atoms with E-state index in [9.17, 15) is 18.8 Å². The lowest BCUT2D eigenvalue weighted by Gasteiger charge is -2.38. The topological polar surface area (TPSA) is 98.7 Å². The van der Waals surface area contributed by atoms with Crippen LogP contribution >= 0.6 is 0 Å². The van der Waals surface area contributed by atoms with Crippen LogP contribution in [0.25, 0.3) is 0 Å². The van der Waals surface area contributed by atoms with Gasteiger partial charge in [0.15, 0.2) is 11.6 Å². The molecule has 9 nitrogen and oxygen atoms in total. The molecule has 1 atom stereocenters. The number of anilines is 1. The SMILES string of the molecule is Cc1ncnc(N2CCN(C(=O)C3CNC(=O)N(C)C3=O)CC2)c1F. The number of carbonyl (C=O) groups is 3. The van der Waals surface area contributed by atoms with Crippen LogP contribution in [0.1, 0.15) is 5.69 Å². The molecule has 2 fully saturated rings. The van der Waals surface area contributed by atoms with E-state index in [0.29, 0.717) is 26.2 Å². The van der Waals surface area contributed by atoms with Crippen LogP contribution in [-0.2, 0) is 9.59 Å². The van der Waals surface area contributed by atoms with Crippen molar-refractivity contribution in [3.8, 4) is 0 Å². The third-order valence-electron chi connectivity index (χ3n) is 4.53. The summed E-state index contributed by atoms with van der Waals surface area (Å²) in [4.78, 5) is 48.2. The number of aryl methyl sites for hydroxylation is 1. The predicted octanol–water partition coefficient (Wildman–Crippen LogP) is -0.629. The van der Waals surface area contributed by atoms with E-state index in [2.05, 4.69) is 15.3 Å². The van der Waals surface area contributed by atoms with Crippen LogP contribution in [-0.4, -0.2) is 77.4 Å². The maximum atomic E-state index is 14.1. The van der Waals surface area contributed by atoms with Crippen molar-refractivity contribution in [3.05, 3.63) is 17.8 Å². The third-order valence-corrected chi connectivity index (χ3v) is 4.53. The van der Waals surface area contributed by atoms with Crippen molar-refractivity contribution in [1.82, 2.24) is 25.1 Å². The highest BCUT2D eigenvalue weighted by molar-refractivity contribution is 6.08. The number of amides is 4. The lowest BCUT2D eigenvalue weighted by molar-refractivity contribution is -0.146. The Morgan fingerprint density at radius 1 is 1.24 bits per heavy atom. The normalized spacial score (nSPS) is 21.4. The predicted molar refractivity (Wildman–Crippen MR) is 85.2 cm³/mol. The van der Waals surface area contributed by atoms with E-state index in [0.717, 1.165) is 4.90 Å². The Morgan fingerprint density at radius 2 is 1.92 bits per heavy atom. The molecule has 0 radical (unpaired) electrons. The molecule has 3 heterocycles. The van der Waals surface area contributed by atoms with E-state index in [1.54, 1.807) is 16.7 Å². The summed E-state index contributed by atoms with van der Waals surface area (Å²) in [7, 11) is 1.34. The molecule has 0 bridgehead atoms. The molecule has 4 amide bonds. The molecular weight excluding hydrogens is 331 g/mol. The smallest absolute Gasteiger partial charge is 0.323 e. The van der Waals surface area contributed by atoms with Crippen LogP contribution in [0.15, 0.2) is 6.33 Å². The molecule has 10 heteroatoms. The number of hydrogen-bond donors (Lipinski definition) is 1. The zero-order chi connectivity index (χ0) is 18.1. The minimum atomic E-state index is -0.910. The first-order valence-electron chi connectivity index (χ1n) is 7.96. The van der Waals surface area contributed by atoms with Gasteiger partial charge in [0.2, 0.25) is 11.8 Å². The summed E-state index contributed by atoms with van der Waals surface area (Å²) in [6.07, 6.45) is 1.31. The summed E-state index contributed by atoms with van der Waals surface area (Å²) in [6, 6.07) is -0.506. The molecule has 1 unspecified atom stereocenters. The summed E-state index contributed by atoms with van der Waals surface area (Å²) < 4.78 is 14.1. The van der Waals surface area contributed by atoms with Crippen LogP contribution in [0.2, 0.25) is 0 Å². The number of hydrogen-bond acceptors (Lipinski definition) is 6. The van der Waals surface area contributed by atoms with Gasteiger partial charge in [-0.2, -0.15) is 0 Å². The Bertz CT molecular complexity index is 719. The van der Waals surface area contributed by atoms with Crippen molar-refractivity contribution in [3.63, 3.8) is 0 Å². The van der Waals surface area contributed by atoms with Crippen LogP contribution in [0.3, 0.4) is 0 Å². The maximum Gasteiger partial charge on any atom is 0.323 e. The molecule has 2 saturated heterocycles. The first kappa shape index (κ1) is 17.1. The minimum absolute atomic E-state index is 0.000781. The minimum Gasteiger partial charge on any atom is -0.351 e. The zero-order valence-electron chi connectivity index (χ0n) is 14.0. The van der Waals surface area contributed by atoms with Crippen molar-refractivity contribution in [2.45, 2.75) is 6.92 Å². The molecule has 0 aromatic carbocycles. The summed E-state index contributed by atoms with van der Waals surface area (Å²) in [5.74, 6) is -1.98. The molecule has 2 aliphatic rings. The molecule has 1 aromatic rings. The molecule has 1 aromatic heterocycles. The van der Waals surface area contributed by atoms with Crippen LogP contribution < -0.4 is 10.2 Å². The fraction of sp³-hybridized carbons (Fsp3) is 0.533. The third kappa shape index (κ3) is 3.11. The van der Waals surface area contributed by atoms with E-state index in [1.807, 2.05) is 0 Å². The zero-order valence-corrected chi connectivity index (χ0v) is 14.0. The van der Waals surface area contributed by atoms with Crippen LogP contribution in [0.5, 0.6) is 0 Å². The molecule has 0 spiro atoms. The fourth-order valence-corrected chi connectivity index (χ4v) is 2.95. The lowest BCUT2D eigenvalue weighted by Crippen LogP contribution is -2.59. The van der Waals surface area contributed by atoms with Crippen molar-refractivity contribution >= 4 is 23.7 Å². The second kappa shape index (κ2) is 6.61. The van der Waals surface area contributed by atoms with Gasteiger partial charge < -0.3 is 15.1 Å². The Labute approximate surface area is 143 Å². The van der Waals surface area contributed by atoms with Crippen molar-refractivity contribution in [2.75, 3.05) is 44.7 Å². The number of nitrogens with zero attached hydrogens (tertiary/aromatic N) is 5. The molecule has 3 rings (SSSR count). The Kier molecular flexibility index (Phi) is 4.51. The quantitative estimate of drug-likeness (QED) is 0.713. The molecular formula is C15H19FN6O3. The maximum absolute atomic E-state index is 14.1. The molecule has 0 aliphatic carbocycles. The van der Waals surface area contributed by atoms with E-state index >= 15 is 0 Å². The van der Waals surface area contributed by atoms with E-state index < -0.39 is 23.7 Å². The molecule has 1 N–H and O–H groups in total. The van der Waals surface area contributed by atoms with E-state index in [1.165, 1.54) is 13.4 Å². The summed E-state index contributed by atoms with van der Waals surface area (Å²) in [5, 5.41) is 2.52. The van der Waals surface area contributed by atoms with E-state index in [4.69, 9.17) is 0 Å². The van der Waals surface area contributed by atoms with Gasteiger partial charge in [0, 0.05) is 39.8 Å². The monoisotopic (exact) mass is 350 g/mol. The number of rotatable bonds is 2. The van der Waals surface area contributed by atoms with Gasteiger partial charge in [-0.3, -0.25) is 14.5 Å². The summed E-state index contributed by atoms with van der Waals surface area (Å²) in [6.45, 7) is 3.08. The van der Waals surface area contributed by atoms with Gasteiger partial charge >= 0.3 is 6.03 Å². The van der Waals surface area contributed by atoms with Crippen LogP contribution in [0, 0.1) is 18.7 Å². The average Bonchev–Trinajstić information content (AvgIpc) is 2.62. The standard InChI is InChI=1S/C15H19FN6O3/c1-9-11(16)12(19-8-18-9)21-3-5-22(6-4-21)14(24)10-7-17-15(25)20(2)13(10)23/h8,10H,3-7H2,1-2H3,(H,17,25). The van der Waals surface area contributed by atoms with Gasteiger partial charge in [0.25, 0.3) is 0 Å². The molecule has 0 saturated carbocycles. The second-order valence-corrected chi connectivity index (χ2v) is 6.04. The largest absolute Gasteiger partial charge is 0.351 e. The number of piperazine rings is 1. The first-order chi connectivity index (χ1) is 11.9. The van der Waals surface area contributed by atoms with Gasteiger partial charge in [0.05, 0.1) is 5.69 Å². The average molecular weight is 350 g/mol. The highest BCUT2D eigenvalue weighted by atomic mass is 19.1. The number of aromatic nitrogens is 2. The van der Waals surface area contributed by atoms with Gasteiger partial charge in [-0.15, -0.1) is 0 Å². The highest BCUT2D eigenvalue weighted by Gasteiger charge is 2.39. The molecule has 2 aliphatic heterocycles. The lowest BCUT2D eigenvalue weighted by atomic mass is 10.0. The number of imide groups is 1. The van der Waals surface area contributed by atoms with Gasteiger partial charge in [-0.25, -0.2) is 19.2 Å². The van der Waals surface area contributed by atoms with Gasteiger partial charge in [-0.05, 0) is 6.92 Å². The fourth-order valence-electron chi connectivity index (χ4n) is 2.95. The number of halogens is 1. The molecule has 25 heavy (non-hydrogen) atoms. The van der Waals surface area contributed by atoms with Crippen molar-refractivity contribution in [2.24, 2.45) is 5.92 Å². The Balaban J connectivity index is 1.64. The second-order valence-electron chi connectivity index (χ2n) is 6.04. The highest BCUT2D eigenvalue weighted by Crippen LogP contribution is 2.20. The van der Waals surface area contributed by atoms with E-state index in [-0.39, 0.29) is 24.0 Å². The Morgan fingerprint density at radius 3 is 2.60 bits per heavy atom. The Hall–Kier alpha value is -2.78. The number of urea groups is 1. The molecule has 134 valence electrons. The van der Waals surface area contributed by atoms with Crippen LogP contribution in [0.4, 0.5) is 15.0 Å². The summed E-state index contributed by atoms with van der Waals surface area (Å²) >= 11 is 0. The van der Waals surface area contributed by atoms with Gasteiger partial charge in [-0.1, -0.05) is 0 Å². The van der Waals surface area contributed by atoms with Crippen molar-refractivity contribution in [1.29, 1.82) is 0 Å². The van der Waals surface area contributed by atoms with Gasteiger partial charge in [0.1, 0.15) is 12.2 Å². The summed E-state index contributed by atoms with van der Waals surface area (Å²) in [5.41, 5.74) is 0.273.